The molecule has 144 valence electrons. The average molecular weight is 370 g/mol. The molecule has 0 heterocycles. The summed E-state index contributed by atoms with van der Waals surface area (Å²) in [4.78, 5) is 16.5. The van der Waals surface area contributed by atoms with Crippen molar-refractivity contribution in [2.24, 2.45) is 4.99 Å². The Kier molecular flexibility index (Phi) is 8.29. The lowest BCUT2D eigenvalue weighted by molar-refractivity contribution is 0.0954. The summed E-state index contributed by atoms with van der Waals surface area (Å²) in [6.45, 7) is 6.31. The average Bonchev–Trinajstić information content (AvgIpc) is 2.67. The molecule has 0 saturated carbocycles. The highest BCUT2D eigenvalue weighted by molar-refractivity contribution is 5.94. The van der Waals surface area contributed by atoms with Gasteiger partial charge in [-0.25, -0.2) is 4.39 Å². The van der Waals surface area contributed by atoms with Gasteiger partial charge < -0.3 is 16.0 Å². The normalized spacial score (nSPS) is 11.1. The number of nitrogens with zero attached hydrogens (tertiary/aromatic N) is 1. The summed E-state index contributed by atoms with van der Waals surface area (Å²) in [5, 5.41) is 9.25. The van der Waals surface area contributed by atoms with Crippen molar-refractivity contribution < 1.29 is 9.18 Å². The summed E-state index contributed by atoms with van der Waals surface area (Å²) < 4.78 is 13.2. The second kappa shape index (κ2) is 11.0. The van der Waals surface area contributed by atoms with E-state index in [1.807, 2.05) is 32.0 Å². The molecule has 2 rings (SSSR count). The van der Waals surface area contributed by atoms with E-state index in [0.717, 1.165) is 24.1 Å². The van der Waals surface area contributed by atoms with E-state index in [1.165, 1.54) is 12.1 Å². The number of nitrogens with one attached hydrogen (secondary N) is 3. The minimum absolute atomic E-state index is 0.0916. The number of amides is 1. The number of benzene rings is 2. The molecule has 1 amide bonds. The van der Waals surface area contributed by atoms with Crippen LogP contribution in [-0.2, 0) is 6.42 Å². The third-order valence-electron chi connectivity index (χ3n) is 4.04. The van der Waals surface area contributed by atoms with Crippen molar-refractivity contribution >= 4 is 11.9 Å². The molecule has 6 heteroatoms. The molecule has 0 unspecified atom stereocenters. The summed E-state index contributed by atoms with van der Waals surface area (Å²) in [6.07, 6.45) is 0.743. The molecule has 2 aromatic carbocycles. The van der Waals surface area contributed by atoms with E-state index >= 15 is 0 Å². The molecule has 0 aliphatic carbocycles. The number of halogens is 1. The molecule has 0 aromatic heterocycles. The third kappa shape index (κ3) is 7.09. The summed E-state index contributed by atoms with van der Waals surface area (Å²) >= 11 is 0. The van der Waals surface area contributed by atoms with Gasteiger partial charge in [-0.15, -0.1) is 0 Å². The third-order valence-corrected chi connectivity index (χ3v) is 4.04. The summed E-state index contributed by atoms with van der Waals surface area (Å²) in [6, 6.07) is 13.9. The molecule has 27 heavy (non-hydrogen) atoms. The van der Waals surface area contributed by atoms with Crippen LogP contribution in [0.3, 0.4) is 0 Å². The highest BCUT2D eigenvalue weighted by Gasteiger charge is 2.04. The van der Waals surface area contributed by atoms with Crippen molar-refractivity contribution in [1.82, 2.24) is 16.0 Å². The van der Waals surface area contributed by atoms with Crippen LogP contribution in [-0.4, -0.2) is 38.0 Å². The molecule has 2 aromatic rings. The molecule has 0 saturated heterocycles. The van der Waals surface area contributed by atoms with Gasteiger partial charge in [-0.3, -0.25) is 9.79 Å². The Bertz CT molecular complexity index is 762. The second-order valence-electron chi connectivity index (χ2n) is 6.13. The predicted molar refractivity (Wildman–Crippen MR) is 108 cm³/mol. The molecular formula is C21H27FN4O. The van der Waals surface area contributed by atoms with Gasteiger partial charge in [-0.05, 0) is 55.7 Å². The Hall–Kier alpha value is -2.89. The van der Waals surface area contributed by atoms with Gasteiger partial charge in [0.25, 0.3) is 5.91 Å². The van der Waals surface area contributed by atoms with Crippen LogP contribution in [0.2, 0.25) is 0 Å². The molecule has 0 fully saturated rings. The molecule has 3 N–H and O–H groups in total. The molecule has 0 atom stereocenters. The zero-order valence-electron chi connectivity index (χ0n) is 15.9. The first-order valence-electron chi connectivity index (χ1n) is 9.20. The van der Waals surface area contributed by atoms with Crippen molar-refractivity contribution in [2.75, 3.05) is 26.2 Å². The summed E-state index contributed by atoms with van der Waals surface area (Å²) in [5.74, 6) is 0.393. The molecule has 0 bridgehead atoms. The predicted octanol–water partition coefficient (Wildman–Crippen LogP) is 2.66. The quantitative estimate of drug-likeness (QED) is 0.380. The monoisotopic (exact) mass is 370 g/mol. The van der Waals surface area contributed by atoms with Crippen LogP contribution in [0.5, 0.6) is 0 Å². The minimum Gasteiger partial charge on any atom is -0.357 e. The first-order chi connectivity index (χ1) is 13.1. The molecule has 0 aliphatic rings. The fourth-order valence-electron chi connectivity index (χ4n) is 2.62. The number of rotatable bonds is 8. The van der Waals surface area contributed by atoms with Crippen molar-refractivity contribution in [3.63, 3.8) is 0 Å². The Morgan fingerprint density at radius 1 is 1.04 bits per heavy atom. The van der Waals surface area contributed by atoms with Crippen LogP contribution in [0.4, 0.5) is 4.39 Å². The number of guanidine groups is 1. The molecule has 0 aliphatic heterocycles. The largest absolute Gasteiger partial charge is 0.357 e. The highest BCUT2D eigenvalue weighted by atomic mass is 19.1. The first kappa shape index (κ1) is 20.4. The fraction of sp³-hybridized carbons (Fsp3) is 0.333. The maximum atomic E-state index is 13.2. The van der Waals surface area contributed by atoms with Gasteiger partial charge in [0.05, 0.1) is 0 Å². The van der Waals surface area contributed by atoms with E-state index in [9.17, 15) is 9.18 Å². The lowest BCUT2D eigenvalue weighted by Gasteiger charge is -2.12. The summed E-state index contributed by atoms with van der Waals surface area (Å²) in [7, 11) is 0. The van der Waals surface area contributed by atoms with Gasteiger partial charge in [0.2, 0.25) is 0 Å². The highest BCUT2D eigenvalue weighted by Crippen LogP contribution is 2.10. The first-order valence-corrected chi connectivity index (χ1v) is 9.20. The van der Waals surface area contributed by atoms with Gasteiger partial charge in [0, 0.05) is 31.7 Å². The lowest BCUT2D eigenvalue weighted by atomic mass is 10.1. The van der Waals surface area contributed by atoms with Crippen LogP contribution < -0.4 is 16.0 Å². The van der Waals surface area contributed by atoms with Crippen LogP contribution in [0.1, 0.15) is 28.4 Å². The SMILES string of the molecule is CCNC(=NCCc1ccc(F)cc1C)NCCNC(=O)c1ccccc1. The maximum absolute atomic E-state index is 13.2. The zero-order chi connectivity index (χ0) is 19.5. The van der Waals surface area contributed by atoms with E-state index in [0.29, 0.717) is 31.2 Å². The minimum atomic E-state index is -0.215. The van der Waals surface area contributed by atoms with Gasteiger partial charge >= 0.3 is 0 Å². The van der Waals surface area contributed by atoms with Gasteiger partial charge in [-0.1, -0.05) is 24.3 Å². The van der Waals surface area contributed by atoms with Crippen LogP contribution >= 0.6 is 0 Å². The number of carbonyl (C=O) groups is 1. The van der Waals surface area contributed by atoms with Gasteiger partial charge in [0.15, 0.2) is 5.96 Å². The van der Waals surface area contributed by atoms with Gasteiger partial charge in [-0.2, -0.15) is 0 Å². The van der Waals surface area contributed by atoms with Crippen molar-refractivity contribution in [3.8, 4) is 0 Å². The zero-order valence-corrected chi connectivity index (χ0v) is 15.9. The number of hydrogen-bond acceptors (Lipinski definition) is 2. The number of aryl methyl sites for hydroxylation is 1. The van der Waals surface area contributed by atoms with E-state index in [2.05, 4.69) is 20.9 Å². The number of aliphatic imine (C=N–C) groups is 1. The Labute approximate surface area is 160 Å². The van der Waals surface area contributed by atoms with Crippen molar-refractivity contribution in [1.29, 1.82) is 0 Å². The molecular weight excluding hydrogens is 343 g/mol. The van der Waals surface area contributed by atoms with E-state index in [1.54, 1.807) is 18.2 Å². The van der Waals surface area contributed by atoms with Crippen molar-refractivity contribution in [3.05, 3.63) is 71.0 Å². The maximum Gasteiger partial charge on any atom is 0.251 e. The smallest absolute Gasteiger partial charge is 0.251 e. The van der Waals surface area contributed by atoms with E-state index in [-0.39, 0.29) is 11.7 Å². The molecule has 0 radical (unpaired) electrons. The van der Waals surface area contributed by atoms with Crippen molar-refractivity contribution in [2.45, 2.75) is 20.3 Å². The van der Waals surface area contributed by atoms with Gasteiger partial charge in [0.1, 0.15) is 5.82 Å². The summed E-state index contributed by atoms with van der Waals surface area (Å²) in [5.41, 5.74) is 2.67. The Morgan fingerprint density at radius 2 is 1.78 bits per heavy atom. The molecule has 5 nitrogen and oxygen atoms in total. The number of carbonyl (C=O) groups excluding carboxylic acids is 1. The van der Waals surface area contributed by atoms with Crippen LogP contribution in [0.15, 0.2) is 53.5 Å². The van der Waals surface area contributed by atoms with Crippen LogP contribution in [0, 0.1) is 12.7 Å². The van der Waals surface area contributed by atoms with E-state index in [4.69, 9.17) is 0 Å². The Morgan fingerprint density at radius 3 is 2.48 bits per heavy atom. The number of hydrogen-bond donors (Lipinski definition) is 3. The topological polar surface area (TPSA) is 65.5 Å². The lowest BCUT2D eigenvalue weighted by Crippen LogP contribution is -2.41. The fourth-order valence-corrected chi connectivity index (χ4v) is 2.62. The Balaban J connectivity index is 1.77. The molecule has 0 spiro atoms. The second-order valence-corrected chi connectivity index (χ2v) is 6.13. The van der Waals surface area contributed by atoms with Crippen LogP contribution in [0.25, 0.3) is 0 Å². The van der Waals surface area contributed by atoms with E-state index < -0.39 is 0 Å². The standard InChI is InChI=1S/C21H27FN4O/c1-3-23-21(25-12-11-17-9-10-19(22)15-16(17)2)26-14-13-24-20(27)18-7-5-4-6-8-18/h4-10,15H,3,11-14H2,1-2H3,(H,24,27)(H2,23,25,26).